The Hall–Kier alpha value is -2.60. The van der Waals surface area contributed by atoms with Crippen LogP contribution in [-0.2, 0) is 10.1 Å². The minimum Gasteiger partial charge on any atom is -0.282 e. The van der Waals surface area contributed by atoms with Crippen molar-refractivity contribution in [2.75, 3.05) is 0 Å². The van der Waals surface area contributed by atoms with Gasteiger partial charge in [-0.25, -0.2) is 26.3 Å². The molecule has 0 amide bonds. The zero-order valence-corrected chi connectivity index (χ0v) is 17.9. The quantitative estimate of drug-likeness (QED) is 0.179. The second-order valence-corrected chi connectivity index (χ2v) is 8.37. The van der Waals surface area contributed by atoms with Gasteiger partial charge in [-0.15, -0.1) is 0 Å². The van der Waals surface area contributed by atoms with Crippen LogP contribution in [0.3, 0.4) is 0 Å². The Morgan fingerprint density at radius 1 is 0.525 bits per heavy atom. The van der Waals surface area contributed by atoms with Gasteiger partial charge >= 0.3 is 51.8 Å². The number of alkyl halides is 15. The second kappa shape index (κ2) is 9.47. The molecule has 0 atom stereocenters. The molecule has 0 aliphatic carbocycles. The highest BCUT2D eigenvalue weighted by Gasteiger charge is 2.93. The van der Waals surface area contributed by atoms with Crippen LogP contribution in [0.5, 0.6) is 0 Å². The normalized spacial score (nSPS) is 15.8. The van der Waals surface area contributed by atoms with Crippen LogP contribution in [0.4, 0.5) is 92.2 Å². The molecule has 25 heteroatoms. The molecule has 1 rings (SSSR count). The second-order valence-electron chi connectivity index (χ2n) is 7.01. The average Bonchev–Trinajstić information content (AvgIpc) is 2.74. The Bertz CT molecular complexity index is 1290. The summed E-state index contributed by atoms with van der Waals surface area (Å²) >= 11 is 0. The average molecular weight is 660 g/mol. The third kappa shape index (κ3) is 4.60. The van der Waals surface area contributed by atoms with E-state index in [0.717, 1.165) is 0 Å². The minimum absolute atomic E-state index is 3.13. The van der Waals surface area contributed by atoms with E-state index in [0.29, 0.717) is 0 Å². The highest BCUT2D eigenvalue weighted by Crippen LogP contribution is 2.63. The summed E-state index contributed by atoms with van der Waals surface area (Å²) in [5, 5.41) is 0. The van der Waals surface area contributed by atoms with Gasteiger partial charge in [-0.1, -0.05) is 0 Å². The van der Waals surface area contributed by atoms with Crippen LogP contribution in [0.1, 0.15) is 5.56 Å². The van der Waals surface area contributed by atoms with Gasteiger partial charge < -0.3 is 0 Å². The Balaban J connectivity index is 4.01. The van der Waals surface area contributed by atoms with Crippen molar-refractivity contribution in [3.63, 3.8) is 0 Å². The first kappa shape index (κ1) is 35.4. The van der Waals surface area contributed by atoms with Crippen LogP contribution in [0, 0.1) is 23.3 Å². The van der Waals surface area contributed by atoms with Gasteiger partial charge in [-0.3, -0.25) is 4.55 Å². The predicted octanol–water partition coefficient (Wildman–Crippen LogP) is 7.47. The van der Waals surface area contributed by atoms with Crippen molar-refractivity contribution >= 4 is 15.9 Å². The summed E-state index contributed by atoms with van der Waals surface area (Å²) in [5.74, 6) is -76.5. The number of rotatable bonds is 8. The molecule has 3 nitrogen and oxygen atoms in total. The summed E-state index contributed by atoms with van der Waals surface area (Å²) in [5.41, 5.74) is -3.70. The summed E-state index contributed by atoms with van der Waals surface area (Å²) < 4.78 is 309. The maximum Gasteiger partial charge on any atom is 0.460 e. The fraction of sp³-hybridized carbons (Fsp3) is 0.467. The fourth-order valence-electron chi connectivity index (χ4n) is 2.38. The molecular formula is C15HF21O3S. The van der Waals surface area contributed by atoms with Crippen LogP contribution in [0.25, 0.3) is 5.83 Å². The van der Waals surface area contributed by atoms with Crippen molar-refractivity contribution in [2.45, 2.75) is 46.6 Å². The molecule has 0 aliphatic heterocycles. The molecule has 0 spiro atoms. The van der Waals surface area contributed by atoms with Crippen LogP contribution >= 0.6 is 0 Å². The van der Waals surface area contributed by atoms with E-state index in [1.807, 2.05) is 0 Å². The van der Waals surface area contributed by atoms with E-state index in [2.05, 4.69) is 0 Å². The molecule has 0 radical (unpaired) electrons. The van der Waals surface area contributed by atoms with Gasteiger partial charge in [-0.2, -0.15) is 74.3 Å². The molecule has 0 aromatic heterocycles. The Morgan fingerprint density at radius 3 is 1.12 bits per heavy atom. The number of benzene rings is 1. The number of hydrogen-bond acceptors (Lipinski definition) is 2. The molecule has 0 bridgehead atoms. The first-order chi connectivity index (χ1) is 17.2. The molecule has 0 aliphatic rings. The van der Waals surface area contributed by atoms with Crippen LogP contribution in [-0.4, -0.2) is 54.7 Å². The number of halogens is 21. The van der Waals surface area contributed by atoms with Crippen molar-refractivity contribution in [3.05, 3.63) is 34.7 Å². The van der Waals surface area contributed by atoms with Gasteiger partial charge in [0.2, 0.25) is 5.83 Å². The molecule has 40 heavy (non-hydrogen) atoms. The SMILES string of the molecule is O=S(=O)(O)c1c(F)c(F)c(C(F)=C(F)C(F)(F)C(F)(F)C(F)(F)C(F)(F)C(F)(F)C(F)(F)C(F)(F)F)c(F)c1F. The van der Waals surface area contributed by atoms with Crippen molar-refractivity contribution in [3.8, 4) is 0 Å². The topological polar surface area (TPSA) is 54.4 Å². The van der Waals surface area contributed by atoms with E-state index in [-0.39, 0.29) is 0 Å². The van der Waals surface area contributed by atoms with Gasteiger partial charge in [-0.05, 0) is 0 Å². The van der Waals surface area contributed by atoms with Crippen molar-refractivity contribution in [1.29, 1.82) is 0 Å². The van der Waals surface area contributed by atoms with Crippen LogP contribution in [0.15, 0.2) is 10.7 Å². The highest BCUT2D eigenvalue weighted by molar-refractivity contribution is 7.85. The maximum atomic E-state index is 13.9. The van der Waals surface area contributed by atoms with Crippen LogP contribution < -0.4 is 0 Å². The molecule has 0 heterocycles. The van der Waals surface area contributed by atoms with Crippen molar-refractivity contribution < 1.29 is 105 Å². The lowest BCUT2D eigenvalue weighted by molar-refractivity contribution is -0.450. The summed E-state index contributed by atoms with van der Waals surface area (Å²) in [7, 11) is -6.42. The van der Waals surface area contributed by atoms with Crippen molar-refractivity contribution in [1.82, 2.24) is 0 Å². The van der Waals surface area contributed by atoms with Gasteiger partial charge in [0.1, 0.15) is 0 Å². The standard InChI is InChI=1S/C15HF21O3S/c16-2-1(3(17)6(20)7(5(2)19)40(37,38)39)4(18)8(21)9(22,23)10(24,25)11(26,27)12(28,29)13(30,31)14(32,33)15(34,35)36/h(H,37,38,39). The van der Waals surface area contributed by atoms with E-state index >= 15 is 0 Å². The zero-order valence-electron chi connectivity index (χ0n) is 17.1. The van der Waals surface area contributed by atoms with E-state index < -0.39 is 97.2 Å². The molecule has 0 saturated carbocycles. The van der Waals surface area contributed by atoms with E-state index in [9.17, 15) is 101 Å². The minimum atomic E-state index is -8.97. The Kier molecular flexibility index (Phi) is 8.39. The molecule has 1 aromatic rings. The lowest BCUT2D eigenvalue weighted by Gasteiger charge is -2.41. The molecule has 232 valence electrons. The Morgan fingerprint density at radius 2 is 0.825 bits per heavy atom. The third-order valence-electron chi connectivity index (χ3n) is 4.50. The molecular weight excluding hydrogens is 659 g/mol. The molecule has 1 aromatic carbocycles. The number of allylic oxidation sites excluding steroid dienone is 1. The third-order valence-corrected chi connectivity index (χ3v) is 5.37. The summed E-state index contributed by atoms with van der Waals surface area (Å²) in [6.45, 7) is 0. The first-order valence-corrected chi connectivity index (χ1v) is 9.88. The highest BCUT2D eigenvalue weighted by atomic mass is 32.2. The Labute approximate surface area is 203 Å². The largest absolute Gasteiger partial charge is 0.460 e. The lowest BCUT2D eigenvalue weighted by atomic mass is 9.90. The first-order valence-electron chi connectivity index (χ1n) is 8.44. The van der Waals surface area contributed by atoms with Gasteiger partial charge in [0.05, 0.1) is 5.56 Å². The fourth-order valence-corrected chi connectivity index (χ4v) is 3.01. The molecule has 0 saturated heterocycles. The van der Waals surface area contributed by atoms with Crippen molar-refractivity contribution in [2.24, 2.45) is 0 Å². The molecule has 1 N–H and O–H groups in total. The summed E-state index contributed by atoms with van der Waals surface area (Å²) in [6.07, 6.45) is -7.98. The predicted molar refractivity (Wildman–Crippen MR) is 81.0 cm³/mol. The molecule has 0 fully saturated rings. The van der Waals surface area contributed by atoms with Gasteiger partial charge in [0.15, 0.2) is 34.0 Å². The van der Waals surface area contributed by atoms with Gasteiger partial charge in [0, 0.05) is 0 Å². The maximum absolute atomic E-state index is 13.9. The molecule has 0 unspecified atom stereocenters. The number of hydrogen-bond donors (Lipinski definition) is 1. The van der Waals surface area contributed by atoms with E-state index in [1.165, 1.54) is 0 Å². The van der Waals surface area contributed by atoms with Gasteiger partial charge in [0.25, 0.3) is 0 Å². The summed E-state index contributed by atoms with van der Waals surface area (Å²) in [6, 6.07) is 0. The van der Waals surface area contributed by atoms with Crippen LogP contribution in [0.2, 0.25) is 0 Å². The smallest absolute Gasteiger partial charge is 0.282 e. The lowest BCUT2D eigenvalue weighted by Crippen LogP contribution is -2.72. The zero-order chi connectivity index (χ0) is 32.6. The van der Waals surface area contributed by atoms with E-state index in [1.54, 1.807) is 0 Å². The monoisotopic (exact) mass is 660 g/mol. The summed E-state index contributed by atoms with van der Waals surface area (Å²) in [4.78, 5) is -3.13. The van der Waals surface area contributed by atoms with E-state index in [4.69, 9.17) is 4.55 Å².